The summed E-state index contributed by atoms with van der Waals surface area (Å²) >= 11 is 1.58. The quantitative estimate of drug-likeness (QED) is 0.410. The summed E-state index contributed by atoms with van der Waals surface area (Å²) in [6.07, 6.45) is 7.13. The second-order valence-corrected chi connectivity index (χ2v) is 8.61. The van der Waals surface area contributed by atoms with Crippen LogP contribution in [0, 0.1) is 0 Å². The van der Waals surface area contributed by atoms with E-state index in [-0.39, 0.29) is 11.9 Å². The van der Waals surface area contributed by atoms with Gasteiger partial charge in [-0.15, -0.1) is 11.3 Å². The third-order valence-electron chi connectivity index (χ3n) is 5.77. The number of aromatic amines is 1. The first kappa shape index (κ1) is 19.5. The Morgan fingerprint density at radius 2 is 2.29 bits per heavy atom. The molecule has 31 heavy (non-hydrogen) atoms. The number of hydrogen-bond acceptors (Lipinski definition) is 7. The van der Waals surface area contributed by atoms with E-state index >= 15 is 0 Å². The van der Waals surface area contributed by atoms with Crippen LogP contribution in [0.3, 0.4) is 0 Å². The maximum Gasteiger partial charge on any atom is 0.246 e. The highest BCUT2D eigenvalue weighted by atomic mass is 32.1. The third-order valence-corrected chi connectivity index (χ3v) is 6.56. The minimum Gasteiger partial charge on any atom is -0.383 e. The fraction of sp³-hybridized carbons (Fsp3) is 0.273. The molecule has 1 aliphatic heterocycles. The van der Waals surface area contributed by atoms with Gasteiger partial charge in [-0.05, 0) is 55.5 Å². The first-order valence-corrected chi connectivity index (χ1v) is 11.2. The number of carbonyl (C=O) groups excluding carboxylic acids is 1. The van der Waals surface area contributed by atoms with E-state index in [0.717, 1.165) is 52.7 Å². The molecule has 0 spiro atoms. The maximum atomic E-state index is 12.3. The zero-order chi connectivity index (χ0) is 21.4. The molecule has 1 fully saturated rings. The Morgan fingerprint density at radius 3 is 3.16 bits per heavy atom. The largest absolute Gasteiger partial charge is 0.383 e. The van der Waals surface area contributed by atoms with E-state index < -0.39 is 0 Å². The molecule has 0 saturated carbocycles. The average molecular weight is 434 g/mol. The smallest absolute Gasteiger partial charge is 0.246 e. The van der Waals surface area contributed by atoms with Gasteiger partial charge in [0, 0.05) is 24.5 Å². The number of likely N-dealkylation sites (tertiary alicyclic amines) is 1. The predicted octanol–water partition coefficient (Wildman–Crippen LogP) is 4.00. The molecule has 1 amide bonds. The van der Waals surface area contributed by atoms with E-state index in [4.69, 9.17) is 5.73 Å². The van der Waals surface area contributed by atoms with Crippen LogP contribution in [0.1, 0.15) is 24.8 Å². The van der Waals surface area contributed by atoms with Crippen molar-refractivity contribution in [3.05, 3.63) is 48.1 Å². The number of rotatable bonds is 5. The molecule has 3 aromatic heterocycles. The van der Waals surface area contributed by atoms with Gasteiger partial charge < -0.3 is 20.9 Å². The van der Waals surface area contributed by atoms with E-state index in [1.165, 1.54) is 6.08 Å². The summed E-state index contributed by atoms with van der Waals surface area (Å²) in [4.78, 5) is 30.8. The van der Waals surface area contributed by atoms with Crippen LogP contribution < -0.4 is 11.1 Å². The van der Waals surface area contributed by atoms with Crippen LogP contribution in [0.25, 0.3) is 21.3 Å². The third kappa shape index (κ3) is 3.72. The van der Waals surface area contributed by atoms with Crippen LogP contribution in [0.4, 0.5) is 17.5 Å². The van der Waals surface area contributed by atoms with Crippen LogP contribution >= 0.6 is 11.3 Å². The van der Waals surface area contributed by atoms with Gasteiger partial charge >= 0.3 is 0 Å². The number of fused-ring (bicyclic) bond motifs is 2. The number of H-pyrrole nitrogens is 1. The minimum absolute atomic E-state index is 0.0156. The summed E-state index contributed by atoms with van der Waals surface area (Å²) in [5.74, 6) is 0.835. The lowest BCUT2D eigenvalue weighted by Crippen LogP contribution is -2.44. The monoisotopic (exact) mass is 433 g/mol. The van der Waals surface area contributed by atoms with Crippen LogP contribution in [0.2, 0.25) is 0 Å². The molecule has 1 atom stereocenters. The first-order valence-electron chi connectivity index (χ1n) is 10.3. The molecule has 0 radical (unpaired) electrons. The van der Waals surface area contributed by atoms with E-state index in [1.54, 1.807) is 11.3 Å². The number of benzene rings is 1. The minimum atomic E-state index is -0.0156. The van der Waals surface area contributed by atoms with Crippen molar-refractivity contribution in [2.75, 3.05) is 17.6 Å². The first-order chi connectivity index (χ1) is 15.1. The molecule has 9 heteroatoms. The molecule has 4 aromatic rings. The van der Waals surface area contributed by atoms with Gasteiger partial charge in [-0.1, -0.05) is 6.58 Å². The molecular weight excluding hydrogens is 410 g/mol. The zero-order valence-corrected chi connectivity index (χ0v) is 17.8. The van der Waals surface area contributed by atoms with Crippen LogP contribution in [-0.2, 0) is 11.2 Å². The van der Waals surface area contributed by atoms with Crippen LogP contribution in [0.15, 0.2) is 42.6 Å². The van der Waals surface area contributed by atoms with Crippen molar-refractivity contribution in [3.8, 4) is 0 Å². The summed E-state index contributed by atoms with van der Waals surface area (Å²) in [7, 11) is 0. The van der Waals surface area contributed by atoms with E-state index in [2.05, 4.69) is 31.8 Å². The van der Waals surface area contributed by atoms with Gasteiger partial charge in [0.15, 0.2) is 0 Å². The average Bonchev–Trinajstić information content (AvgIpc) is 3.40. The highest BCUT2D eigenvalue weighted by Gasteiger charge is 2.26. The second-order valence-electron chi connectivity index (χ2n) is 7.72. The Morgan fingerprint density at radius 1 is 1.39 bits per heavy atom. The molecule has 4 heterocycles. The number of piperidine rings is 1. The fourth-order valence-corrected chi connectivity index (χ4v) is 5.00. The standard InChI is InChI=1S/C22H23N7OS/c1-2-18(30)29-8-4-3-5-15(29)9-13-11-24-21-19(13)20(23)27-22(28-21)26-14-6-7-16-17(10-14)31-12-25-16/h2,6-7,10-12,15H,1,3-5,8-9H2,(H4,23,24,26,27,28). The van der Waals surface area contributed by atoms with Crippen molar-refractivity contribution in [1.82, 2.24) is 24.8 Å². The number of carbonyl (C=O) groups is 1. The number of nitrogens with two attached hydrogens (primary N) is 1. The van der Waals surface area contributed by atoms with Crippen molar-refractivity contribution in [3.63, 3.8) is 0 Å². The second kappa shape index (κ2) is 7.99. The maximum absolute atomic E-state index is 12.3. The summed E-state index contributed by atoms with van der Waals surface area (Å²) in [6.45, 7) is 4.41. The van der Waals surface area contributed by atoms with Gasteiger partial charge in [0.05, 0.1) is 21.1 Å². The number of anilines is 3. The number of nitrogen functional groups attached to an aromatic ring is 1. The van der Waals surface area contributed by atoms with Crippen LogP contribution in [-0.4, -0.2) is 43.3 Å². The SMILES string of the molecule is C=CC(=O)N1CCCCC1Cc1c[nH]c2nc(Nc3ccc4ncsc4c3)nc(N)c12. The van der Waals surface area contributed by atoms with Gasteiger partial charge in [0.25, 0.3) is 0 Å². The molecular formula is C22H23N7OS. The summed E-state index contributed by atoms with van der Waals surface area (Å²) < 4.78 is 1.09. The highest BCUT2D eigenvalue weighted by Crippen LogP contribution is 2.29. The Labute approximate surface area is 183 Å². The van der Waals surface area contributed by atoms with Gasteiger partial charge in [0.1, 0.15) is 11.5 Å². The van der Waals surface area contributed by atoms with Crippen molar-refractivity contribution in [1.29, 1.82) is 0 Å². The number of nitrogens with one attached hydrogen (secondary N) is 2. The number of amides is 1. The summed E-state index contributed by atoms with van der Waals surface area (Å²) in [5.41, 5.74) is 11.7. The Kier molecular flexibility index (Phi) is 5.03. The van der Waals surface area contributed by atoms with Crippen molar-refractivity contribution < 1.29 is 4.79 Å². The lowest BCUT2D eigenvalue weighted by atomic mass is 9.95. The van der Waals surface area contributed by atoms with Crippen molar-refractivity contribution >= 4 is 55.9 Å². The van der Waals surface area contributed by atoms with Gasteiger partial charge in [-0.2, -0.15) is 9.97 Å². The number of aromatic nitrogens is 4. The lowest BCUT2D eigenvalue weighted by molar-refractivity contribution is -0.129. The van der Waals surface area contributed by atoms with Gasteiger partial charge in [-0.25, -0.2) is 4.98 Å². The number of thiazole rings is 1. The van der Waals surface area contributed by atoms with Crippen LogP contribution in [0.5, 0.6) is 0 Å². The number of hydrogen-bond donors (Lipinski definition) is 3. The van der Waals surface area contributed by atoms with E-state index in [9.17, 15) is 4.79 Å². The van der Waals surface area contributed by atoms with Crippen molar-refractivity contribution in [2.24, 2.45) is 0 Å². The van der Waals surface area contributed by atoms with Gasteiger partial charge in [0.2, 0.25) is 11.9 Å². The molecule has 1 aliphatic rings. The molecule has 5 rings (SSSR count). The Bertz CT molecular complexity index is 1280. The lowest BCUT2D eigenvalue weighted by Gasteiger charge is -2.35. The zero-order valence-electron chi connectivity index (χ0n) is 17.0. The summed E-state index contributed by atoms with van der Waals surface area (Å²) in [6, 6.07) is 6.05. The molecule has 158 valence electrons. The molecule has 4 N–H and O–H groups in total. The highest BCUT2D eigenvalue weighted by molar-refractivity contribution is 7.16. The Hall–Kier alpha value is -3.46. The molecule has 0 aliphatic carbocycles. The number of nitrogens with zero attached hydrogens (tertiary/aromatic N) is 4. The fourth-order valence-electron chi connectivity index (χ4n) is 4.28. The van der Waals surface area contributed by atoms with E-state index in [0.29, 0.717) is 23.8 Å². The normalized spacial score (nSPS) is 16.6. The molecule has 1 saturated heterocycles. The molecule has 1 unspecified atom stereocenters. The molecule has 8 nitrogen and oxygen atoms in total. The Balaban J connectivity index is 1.41. The predicted molar refractivity (Wildman–Crippen MR) is 124 cm³/mol. The molecule has 0 bridgehead atoms. The van der Waals surface area contributed by atoms with Crippen molar-refractivity contribution in [2.45, 2.75) is 31.7 Å². The topological polar surface area (TPSA) is 113 Å². The molecule has 1 aromatic carbocycles. The van der Waals surface area contributed by atoms with E-state index in [1.807, 2.05) is 34.8 Å². The summed E-state index contributed by atoms with van der Waals surface area (Å²) in [5, 5.41) is 4.05. The van der Waals surface area contributed by atoms with Gasteiger partial charge in [-0.3, -0.25) is 4.79 Å².